The summed E-state index contributed by atoms with van der Waals surface area (Å²) < 4.78 is 7.49. The van der Waals surface area contributed by atoms with E-state index in [1.165, 1.54) is 10.8 Å². The number of rotatable bonds is 6. The SMILES string of the molecule is C[C@H](CI)C[C@@H](C)CO[Si](C)(C)C(C)(C)C. The van der Waals surface area contributed by atoms with E-state index in [-0.39, 0.29) is 0 Å². The first-order chi connectivity index (χ1) is 7.10. The van der Waals surface area contributed by atoms with Crippen molar-refractivity contribution in [2.75, 3.05) is 11.0 Å². The molecular formula is C13H29IOSi. The quantitative estimate of drug-likeness (QED) is 0.365. The Balaban J connectivity index is 4.05. The molecule has 2 atom stereocenters. The average Bonchev–Trinajstić information content (AvgIpc) is 2.13. The molecule has 0 aliphatic rings. The van der Waals surface area contributed by atoms with E-state index in [0.29, 0.717) is 11.0 Å². The Morgan fingerprint density at radius 3 is 2.00 bits per heavy atom. The Labute approximate surface area is 117 Å². The van der Waals surface area contributed by atoms with Crippen LogP contribution in [0.1, 0.15) is 41.0 Å². The third kappa shape index (κ3) is 6.01. The molecule has 16 heavy (non-hydrogen) atoms. The molecule has 0 aliphatic heterocycles. The largest absolute Gasteiger partial charge is 0.417 e. The normalized spacial score (nSPS) is 17.2. The molecule has 0 aromatic rings. The van der Waals surface area contributed by atoms with Gasteiger partial charge in [0.15, 0.2) is 8.32 Å². The molecule has 98 valence electrons. The van der Waals surface area contributed by atoms with E-state index in [1.54, 1.807) is 0 Å². The van der Waals surface area contributed by atoms with Crippen LogP contribution in [0.25, 0.3) is 0 Å². The molecule has 1 nitrogen and oxygen atoms in total. The Hall–Kier alpha value is 0.907. The monoisotopic (exact) mass is 356 g/mol. The van der Waals surface area contributed by atoms with Crippen LogP contribution in [0.2, 0.25) is 18.1 Å². The second-order valence-corrected chi connectivity index (χ2v) is 12.4. The van der Waals surface area contributed by atoms with Crippen molar-refractivity contribution in [3.63, 3.8) is 0 Å². The maximum absolute atomic E-state index is 6.24. The minimum Gasteiger partial charge on any atom is -0.417 e. The van der Waals surface area contributed by atoms with Crippen LogP contribution in [0.4, 0.5) is 0 Å². The van der Waals surface area contributed by atoms with E-state index in [2.05, 4.69) is 70.3 Å². The lowest BCUT2D eigenvalue weighted by Crippen LogP contribution is -2.41. The molecule has 0 unspecified atom stereocenters. The van der Waals surface area contributed by atoms with Crippen molar-refractivity contribution in [1.82, 2.24) is 0 Å². The zero-order chi connectivity index (χ0) is 13.0. The first-order valence-electron chi connectivity index (χ1n) is 6.30. The van der Waals surface area contributed by atoms with Gasteiger partial charge in [-0.2, -0.15) is 0 Å². The summed E-state index contributed by atoms with van der Waals surface area (Å²) in [4.78, 5) is 0. The van der Waals surface area contributed by atoms with Crippen LogP contribution in [0.5, 0.6) is 0 Å². The molecule has 0 saturated heterocycles. The van der Waals surface area contributed by atoms with Gasteiger partial charge in [-0.05, 0) is 36.4 Å². The lowest BCUT2D eigenvalue weighted by Gasteiger charge is -2.37. The highest BCUT2D eigenvalue weighted by Gasteiger charge is 2.37. The van der Waals surface area contributed by atoms with E-state index in [4.69, 9.17) is 4.43 Å². The van der Waals surface area contributed by atoms with Crippen LogP contribution in [0.15, 0.2) is 0 Å². The molecule has 0 aliphatic carbocycles. The lowest BCUT2D eigenvalue weighted by molar-refractivity contribution is 0.221. The van der Waals surface area contributed by atoms with E-state index in [0.717, 1.165) is 12.5 Å². The van der Waals surface area contributed by atoms with Crippen LogP contribution in [-0.4, -0.2) is 19.4 Å². The summed E-state index contributed by atoms with van der Waals surface area (Å²) in [6.45, 7) is 17.2. The van der Waals surface area contributed by atoms with Crippen molar-refractivity contribution in [1.29, 1.82) is 0 Å². The molecule has 0 aromatic heterocycles. The Morgan fingerprint density at radius 1 is 1.12 bits per heavy atom. The smallest absolute Gasteiger partial charge is 0.191 e. The van der Waals surface area contributed by atoms with Gasteiger partial charge in [-0.15, -0.1) is 0 Å². The molecule has 0 radical (unpaired) electrons. The molecule has 0 fully saturated rings. The molecule has 0 bridgehead atoms. The summed E-state index contributed by atoms with van der Waals surface area (Å²) in [5.74, 6) is 1.51. The van der Waals surface area contributed by atoms with Crippen LogP contribution in [0, 0.1) is 11.8 Å². The summed E-state index contributed by atoms with van der Waals surface area (Å²) in [6.07, 6.45) is 1.29. The average molecular weight is 356 g/mol. The Kier molecular flexibility index (Phi) is 7.12. The highest BCUT2D eigenvalue weighted by Crippen LogP contribution is 2.36. The van der Waals surface area contributed by atoms with E-state index in [1.807, 2.05) is 0 Å². The van der Waals surface area contributed by atoms with Crippen molar-refractivity contribution in [3.8, 4) is 0 Å². The standard InChI is InChI=1S/C13H29IOSi/c1-11(9-14)8-12(2)10-15-16(6,7)13(3,4)5/h11-12H,8-10H2,1-7H3/t11-,12+/m0/s1. The fourth-order valence-corrected chi connectivity index (χ4v) is 2.88. The van der Waals surface area contributed by atoms with Crippen LogP contribution < -0.4 is 0 Å². The molecule has 0 saturated carbocycles. The van der Waals surface area contributed by atoms with Gasteiger partial charge in [-0.3, -0.25) is 0 Å². The summed E-state index contributed by atoms with van der Waals surface area (Å²) in [7, 11) is -1.53. The van der Waals surface area contributed by atoms with Gasteiger partial charge in [-0.1, -0.05) is 57.2 Å². The van der Waals surface area contributed by atoms with E-state index in [9.17, 15) is 0 Å². The van der Waals surface area contributed by atoms with Crippen molar-refractivity contribution >= 4 is 30.9 Å². The zero-order valence-corrected chi connectivity index (χ0v) is 15.2. The molecule has 0 amide bonds. The van der Waals surface area contributed by atoms with Gasteiger partial charge in [0.05, 0.1) is 0 Å². The van der Waals surface area contributed by atoms with Gasteiger partial charge >= 0.3 is 0 Å². The van der Waals surface area contributed by atoms with Crippen LogP contribution in [-0.2, 0) is 4.43 Å². The number of hydrogen-bond acceptors (Lipinski definition) is 1. The minimum atomic E-state index is -1.53. The minimum absolute atomic E-state index is 0.335. The topological polar surface area (TPSA) is 9.23 Å². The molecule has 0 N–H and O–H groups in total. The van der Waals surface area contributed by atoms with Crippen LogP contribution in [0.3, 0.4) is 0 Å². The van der Waals surface area contributed by atoms with E-state index >= 15 is 0 Å². The lowest BCUT2D eigenvalue weighted by atomic mass is 10.0. The summed E-state index contributed by atoms with van der Waals surface area (Å²) in [5, 5.41) is 0.335. The molecule has 0 aromatic carbocycles. The highest BCUT2D eigenvalue weighted by atomic mass is 127. The van der Waals surface area contributed by atoms with Gasteiger partial charge in [0.1, 0.15) is 0 Å². The summed E-state index contributed by atoms with van der Waals surface area (Å²) in [5.41, 5.74) is 0. The fourth-order valence-electron chi connectivity index (χ4n) is 1.39. The third-order valence-electron chi connectivity index (χ3n) is 3.60. The van der Waals surface area contributed by atoms with Gasteiger partial charge in [0.25, 0.3) is 0 Å². The molecule has 3 heteroatoms. The molecule has 0 spiro atoms. The fraction of sp³-hybridized carbons (Fsp3) is 1.00. The second-order valence-electron chi connectivity index (χ2n) is 6.67. The van der Waals surface area contributed by atoms with Gasteiger partial charge in [0.2, 0.25) is 0 Å². The van der Waals surface area contributed by atoms with Gasteiger partial charge in [0, 0.05) is 11.0 Å². The first-order valence-corrected chi connectivity index (χ1v) is 10.7. The Morgan fingerprint density at radius 2 is 1.62 bits per heavy atom. The predicted molar refractivity (Wildman–Crippen MR) is 85.0 cm³/mol. The van der Waals surface area contributed by atoms with Gasteiger partial charge < -0.3 is 4.43 Å². The maximum atomic E-state index is 6.24. The molecular weight excluding hydrogens is 327 g/mol. The maximum Gasteiger partial charge on any atom is 0.191 e. The van der Waals surface area contributed by atoms with Crippen molar-refractivity contribution in [2.24, 2.45) is 11.8 Å². The van der Waals surface area contributed by atoms with Crippen LogP contribution >= 0.6 is 22.6 Å². The van der Waals surface area contributed by atoms with E-state index < -0.39 is 8.32 Å². The second kappa shape index (κ2) is 6.74. The molecule has 0 rings (SSSR count). The zero-order valence-electron chi connectivity index (χ0n) is 12.1. The number of hydrogen-bond donors (Lipinski definition) is 0. The van der Waals surface area contributed by atoms with Crippen molar-refractivity contribution in [2.45, 2.75) is 59.2 Å². The Bertz CT molecular complexity index is 199. The summed E-state index contributed by atoms with van der Waals surface area (Å²) in [6, 6.07) is 0. The summed E-state index contributed by atoms with van der Waals surface area (Å²) >= 11 is 2.47. The number of alkyl halides is 1. The first kappa shape index (κ1) is 16.9. The van der Waals surface area contributed by atoms with Crippen molar-refractivity contribution < 1.29 is 4.43 Å². The predicted octanol–water partition coefficient (Wildman–Crippen LogP) is 5.11. The number of halogens is 1. The van der Waals surface area contributed by atoms with Crippen molar-refractivity contribution in [3.05, 3.63) is 0 Å². The molecule has 0 heterocycles. The van der Waals surface area contributed by atoms with Gasteiger partial charge in [-0.25, -0.2) is 0 Å². The highest BCUT2D eigenvalue weighted by molar-refractivity contribution is 14.1. The third-order valence-corrected chi connectivity index (χ3v) is 9.61.